The van der Waals surface area contributed by atoms with Gasteiger partial charge in [0, 0.05) is 12.7 Å². The van der Waals surface area contributed by atoms with E-state index in [1.54, 1.807) is 7.05 Å². The standard InChI is InChI=1S/C14H19N5O/c1-4-10(2)11-7-5-6-8-12(11)15-14(20)9-13-16-17-18-19(13)3/h5-8,10H,4,9H2,1-3H3,(H,15,20). The van der Waals surface area contributed by atoms with E-state index in [4.69, 9.17) is 0 Å². The van der Waals surface area contributed by atoms with E-state index in [9.17, 15) is 4.79 Å². The van der Waals surface area contributed by atoms with Gasteiger partial charge in [0.05, 0.1) is 6.42 Å². The van der Waals surface area contributed by atoms with Crippen molar-refractivity contribution in [1.82, 2.24) is 20.2 Å². The number of nitrogens with zero attached hydrogens (tertiary/aromatic N) is 4. The van der Waals surface area contributed by atoms with Gasteiger partial charge in [-0.05, 0) is 34.4 Å². The molecular weight excluding hydrogens is 254 g/mol. The molecule has 1 atom stereocenters. The summed E-state index contributed by atoms with van der Waals surface area (Å²) in [5, 5.41) is 14.0. The third-order valence-corrected chi connectivity index (χ3v) is 3.40. The minimum atomic E-state index is -0.112. The topological polar surface area (TPSA) is 72.7 Å². The smallest absolute Gasteiger partial charge is 0.232 e. The summed E-state index contributed by atoms with van der Waals surface area (Å²) < 4.78 is 1.50. The number of carbonyl (C=O) groups excluding carboxylic acids is 1. The average Bonchev–Trinajstić information content (AvgIpc) is 2.84. The zero-order chi connectivity index (χ0) is 14.5. The fourth-order valence-electron chi connectivity index (χ4n) is 2.00. The van der Waals surface area contributed by atoms with Crippen LogP contribution in [0.2, 0.25) is 0 Å². The minimum Gasteiger partial charge on any atom is -0.325 e. The second kappa shape index (κ2) is 6.27. The summed E-state index contributed by atoms with van der Waals surface area (Å²) in [5.41, 5.74) is 2.02. The minimum absolute atomic E-state index is 0.112. The van der Waals surface area contributed by atoms with E-state index in [0.717, 1.165) is 17.7 Å². The van der Waals surface area contributed by atoms with Crippen LogP contribution in [0.5, 0.6) is 0 Å². The number of nitrogens with one attached hydrogen (secondary N) is 1. The van der Waals surface area contributed by atoms with Gasteiger partial charge in [0.2, 0.25) is 5.91 Å². The monoisotopic (exact) mass is 273 g/mol. The van der Waals surface area contributed by atoms with Crippen LogP contribution in [0.1, 0.15) is 37.6 Å². The first kappa shape index (κ1) is 14.2. The van der Waals surface area contributed by atoms with Gasteiger partial charge in [-0.15, -0.1) is 5.10 Å². The van der Waals surface area contributed by atoms with Gasteiger partial charge in [-0.1, -0.05) is 32.0 Å². The number of amides is 1. The van der Waals surface area contributed by atoms with E-state index >= 15 is 0 Å². The van der Waals surface area contributed by atoms with Gasteiger partial charge >= 0.3 is 0 Å². The van der Waals surface area contributed by atoms with Gasteiger partial charge in [-0.25, -0.2) is 4.68 Å². The average molecular weight is 273 g/mol. The number of aryl methyl sites for hydroxylation is 1. The Morgan fingerprint density at radius 1 is 1.40 bits per heavy atom. The lowest BCUT2D eigenvalue weighted by Gasteiger charge is -2.15. The zero-order valence-corrected chi connectivity index (χ0v) is 12.0. The van der Waals surface area contributed by atoms with Gasteiger partial charge in [0.1, 0.15) is 0 Å². The number of hydrogen-bond acceptors (Lipinski definition) is 4. The highest BCUT2D eigenvalue weighted by Crippen LogP contribution is 2.26. The van der Waals surface area contributed by atoms with Crippen molar-refractivity contribution < 1.29 is 4.79 Å². The lowest BCUT2D eigenvalue weighted by atomic mass is 9.97. The summed E-state index contributed by atoms with van der Waals surface area (Å²) in [7, 11) is 1.72. The SMILES string of the molecule is CCC(C)c1ccccc1NC(=O)Cc1nnnn1C. The lowest BCUT2D eigenvalue weighted by molar-refractivity contribution is -0.115. The summed E-state index contributed by atoms with van der Waals surface area (Å²) in [6.07, 6.45) is 1.19. The van der Waals surface area contributed by atoms with E-state index in [-0.39, 0.29) is 12.3 Å². The van der Waals surface area contributed by atoms with E-state index in [1.165, 1.54) is 4.68 Å². The van der Waals surface area contributed by atoms with E-state index < -0.39 is 0 Å². The summed E-state index contributed by atoms with van der Waals surface area (Å²) in [6, 6.07) is 7.89. The van der Waals surface area contributed by atoms with Crippen LogP contribution in [0.4, 0.5) is 5.69 Å². The molecule has 0 bridgehead atoms. The second-order valence-corrected chi connectivity index (χ2v) is 4.84. The molecule has 0 aliphatic heterocycles. The number of aromatic nitrogens is 4. The Balaban J connectivity index is 2.10. The largest absolute Gasteiger partial charge is 0.325 e. The summed E-state index contributed by atoms with van der Waals surface area (Å²) >= 11 is 0. The van der Waals surface area contributed by atoms with Gasteiger partial charge in [0.25, 0.3) is 0 Å². The molecule has 0 radical (unpaired) electrons. The maximum absolute atomic E-state index is 12.1. The van der Waals surface area contributed by atoms with Crippen molar-refractivity contribution >= 4 is 11.6 Å². The number of carbonyl (C=O) groups is 1. The van der Waals surface area contributed by atoms with Crippen molar-refractivity contribution in [2.24, 2.45) is 7.05 Å². The van der Waals surface area contributed by atoms with E-state index in [2.05, 4.69) is 34.7 Å². The number of benzene rings is 1. The molecule has 20 heavy (non-hydrogen) atoms. The molecule has 0 fully saturated rings. The number of hydrogen-bond donors (Lipinski definition) is 1. The molecule has 0 saturated heterocycles. The molecule has 0 aliphatic carbocycles. The highest BCUT2D eigenvalue weighted by Gasteiger charge is 2.13. The van der Waals surface area contributed by atoms with Crippen LogP contribution in [0.3, 0.4) is 0 Å². The molecule has 1 aromatic carbocycles. The third-order valence-electron chi connectivity index (χ3n) is 3.40. The molecule has 0 spiro atoms. The fraction of sp³-hybridized carbons (Fsp3) is 0.429. The molecule has 1 heterocycles. The molecule has 2 rings (SSSR count). The second-order valence-electron chi connectivity index (χ2n) is 4.84. The van der Waals surface area contributed by atoms with Gasteiger partial charge < -0.3 is 5.32 Å². The molecule has 6 heteroatoms. The summed E-state index contributed by atoms with van der Waals surface area (Å²) in [4.78, 5) is 12.1. The van der Waals surface area contributed by atoms with Crippen molar-refractivity contribution in [3.05, 3.63) is 35.7 Å². The van der Waals surface area contributed by atoms with Crippen LogP contribution in [0.25, 0.3) is 0 Å². The normalized spacial score (nSPS) is 12.2. The van der Waals surface area contributed by atoms with Gasteiger partial charge in [-0.2, -0.15) is 0 Å². The van der Waals surface area contributed by atoms with Crippen molar-refractivity contribution in [1.29, 1.82) is 0 Å². The highest BCUT2D eigenvalue weighted by molar-refractivity contribution is 5.92. The maximum atomic E-state index is 12.1. The highest BCUT2D eigenvalue weighted by atomic mass is 16.1. The Hall–Kier alpha value is -2.24. The van der Waals surface area contributed by atoms with Crippen molar-refractivity contribution in [2.75, 3.05) is 5.32 Å². The molecule has 106 valence electrons. The van der Waals surface area contributed by atoms with Gasteiger partial charge in [0.15, 0.2) is 5.82 Å². The van der Waals surface area contributed by atoms with E-state index in [0.29, 0.717) is 11.7 Å². The molecule has 0 saturated carbocycles. The van der Waals surface area contributed by atoms with Crippen LogP contribution in [-0.4, -0.2) is 26.1 Å². The Morgan fingerprint density at radius 3 is 2.80 bits per heavy atom. The Morgan fingerprint density at radius 2 is 2.15 bits per heavy atom. The molecule has 6 nitrogen and oxygen atoms in total. The van der Waals surface area contributed by atoms with Crippen LogP contribution >= 0.6 is 0 Å². The molecule has 1 unspecified atom stereocenters. The molecule has 1 amide bonds. The van der Waals surface area contributed by atoms with Crippen LogP contribution < -0.4 is 5.32 Å². The van der Waals surface area contributed by atoms with Crippen molar-refractivity contribution in [2.45, 2.75) is 32.6 Å². The molecule has 1 N–H and O–H groups in total. The number of para-hydroxylation sites is 1. The van der Waals surface area contributed by atoms with Crippen molar-refractivity contribution in [3.63, 3.8) is 0 Å². The van der Waals surface area contributed by atoms with Crippen LogP contribution in [0, 0.1) is 0 Å². The first-order valence-corrected chi connectivity index (χ1v) is 6.71. The quantitative estimate of drug-likeness (QED) is 0.903. The Kier molecular flexibility index (Phi) is 4.45. The lowest BCUT2D eigenvalue weighted by Crippen LogP contribution is -2.18. The third kappa shape index (κ3) is 3.20. The van der Waals surface area contributed by atoms with Crippen LogP contribution in [-0.2, 0) is 18.3 Å². The van der Waals surface area contributed by atoms with E-state index in [1.807, 2.05) is 24.3 Å². The molecule has 2 aromatic rings. The fourth-order valence-corrected chi connectivity index (χ4v) is 2.00. The first-order valence-electron chi connectivity index (χ1n) is 6.71. The molecular formula is C14H19N5O. The van der Waals surface area contributed by atoms with Crippen molar-refractivity contribution in [3.8, 4) is 0 Å². The van der Waals surface area contributed by atoms with Crippen LogP contribution in [0.15, 0.2) is 24.3 Å². The summed E-state index contributed by atoms with van der Waals surface area (Å²) in [6.45, 7) is 4.28. The predicted molar refractivity (Wildman–Crippen MR) is 76.3 cm³/mol. The summed E-state index contributed by atoms with van der Waals surface area (Å²) in [5.74, 6) is 0.838. The maximum Gasteiger partial charge on any atom is 0.232 e. The molecule has 1 aromatic heterocycles. The zero-order valence-electron chi connectivity index (χ0n) is 12.0. The Bertz CT molecular complexity index is 593. The number of anilines is 1. The number of tetrazole rings is 1. The van der Waals surface area contributed by atoms with Gasteiger partial charge in [-0.3, -0.25) is 4.79 Å². The predicted octanol–water partition coefficient (Wildman–Crippen LogP) is 1.90. The molecule has 0 aliphatic rings. The number of rotatable bonds is 5. The first-order chi connectivity index (χ1) is 9.61. The Labute approximate surface area is 118 Å².